The molecule has 2 aliphatic rings. The Balaban J connectivity index is 1.84. The number of halogens is 7. The zero-order valence-corrected chi connectivity index (χ0v) is 16.1. The quantitative estimate of drug-likeness (QED) is 0.637. The van der Waals surface area contributed by atoms with E-state index in [1.54, 1.807) is 0 Å². The second-order valence-electron chi connectivity index (χ2n) is 8.00. The zero-order valence-electron chi connectivity index (χ0n) is 16.1. The number of aryl methyl sites for hydroxylation is 1. The van der Waals surface area contributed by atoms with Gasteiger partial charge in [-0.25, -0.2) is 4.39 Å². The highest BCUT2D eigenvalue weighted by Crippen LogP contribution is 2.55. The number of carbonyl (C=O) groups is 2. The molecule has 31 heavy (non-hydrogen) atoms. The number of carbonyl (C=O) groups excluding carboxylic acids is 1. The first kappa shape index (κ1) is 23.3. The van der Waals surface area contributed by atoms with Gasteiger partial charge in [0, 0.05) is 18.0 Å². The van der Waals surface area contributed by atoms with Gasteiger partial charge in [0.25, 0.3) is 0 Å². The van der Waals surface area contributed by atoms with Crippen LogP contribution in [0.25, 0.3) is 0 Å². The summed E-state index contributed by atoms with van der Waals surface area (Å²) in [4.78, 5) is 23.0. The second kappa shape index (κ2) is 7.98. The van der Waals surface area contributed by atoms with E-state index >= 15 is 0 Å². The summed E-state index contributed by atoms with van der Waals surface area (Å²) in [5.41, 5.74) is -6.20. The van der Waals surface area contributed by atoms with Crippen molar-refractivity contribution in [2.75, 3.05) is 6.54 Å². The van der Waals surface area contributed by atoms with Crippen LogP contribution in [0, 0.1) is 11.8 Å². The first-order chi connectivity index (χ1) is 14.3. The number of hydrogen-bond acceptors (Lipinski definition) is 2. The van der Waals surface area contributed by atoms with Crippen LogP contribution in [0.2, 0.25) is 0 Å². The van der Waals surface area contributed by atoms with Crippen LogP contribution in [0.15, 0.2) is 18.2 Å². The fourth-order valence-electron chi connectivity index (χ4n) is 4.81. The van der Waals surface area contributed by atoms with Crippen LogP contribution < -0.4 is 5.32 Å². The van der Waals surface area contributed by atoms with Gasteiger partial charge in [-0.2, -0.15) is 26.3 Å². The summed E-state index contributed by atoms with van der Waals surface area (Å²) >= 11 is 0. The van der Waals surface area contributed by atoms with Gasteiger partial charge in [-0.15, -0.1) is 0 Å². The smallest absolute Gasteiger partial charge is 0.435 e. The third-order valence-corrected chi connectivity index (χ3v) is 6.27. The summed E-state index contributed by atoms with van der Waals surface area (Å²) in [7, 11) is 0. The lowest BCUT2D eigenvalue weighted by Gasteiger charge is -2.34. The Labute approximate surface area is 172 Å². The normalized spacial score (nSPS) is 23.8. The van der Waals surface area contributed by atoms with Crippen LogP contribution in [0.3, 0.4) is 0 Å². The Hall–Kier alpha value is -2.33. The lowest BCUT2D eigenvalue weighted by Crippen LogP contribution is -2.50. The zero-order chi connectivity index (χ0) is 23.2. The third-order valence-electron chi connectivity index (χ3n) is 6.27. The molecule has 172 valence electrons. The van der Waals surface area contributed by atoms with Gasteiger partial charge in [-0.3, -0.25) is 9.59 Å². The summed E-state index contributed by atoms with van der Waals surface area (Å²) in [5, 5.41) is 11.2. The highest BCUT2D eigenvalue weighted by molar-refractivity contribution is 5.80. The summed E-state index contributed by atoms with van der Waals surface area (Å²) in [6.07, 6.45) is -11.1. The van der Waals surface area contributed by atoms with Crippen LogP contribution in [0.5, 0.6) is 0 Å². The molecule has 2 unspecified atom stereocenters. The molecule has 4 nitrogen and oxygen atoms in total. The lowest BCUT2D eigenvalue weighted by atomic mass is 9.73. The van der Waals surface area contributed by atoms with Crippen molar-refractivity contribution < 1.29 is 45.4 Å². The number of nitrogens with one attached hydrogen (secondary N) is 1. The number of benzene rings is 1. The van der Waals surface area contributed by atoms with Gasteiger partial charge < -0.3 is 10.4 Å². The van der Waals surface area contributed by atoms with Crippen molar-refractivity contribution in [2.24, 2.45) is 11.8 Å². The second-order valence-corrected chi connectivity index (χ2v) is 8.00. The number of carboxylic acid groups (broad SMARTS) is 1. The molecule has 1 aromatic rings. The van der Waals surface area contributed by atoms with Crippen molar-refractivity contribution in [3.63, 3.8) is 0 Å². The highest BCUT2D eigenvalue weighted by Gasteiger charge is 2.73. The SMILES string of the molecule is O=C(O)CCNC(=O)[C@@H]1CCC2c3ccc(C(F)(C(F)(F)F)C(F)(F)F)cc3CCC21. The minimum absolute atomic E-state index is 0.0323. The van der Waals surface area contributed by atoms with Crippen molar-refractivity contribution in [3.8, 4) is 0 Å². The molecule has 0 aromatic heterocycles. The Morgan fingerprint density at radius 3 is 2.23 bits per heavy atom. The maximum atomic E-state index is 14.4. The number of alkyl halides is 7. The van der Waals surface area contributed by atoms with E-state index in [2.05, 4.69) is 5.32 Å². The maximum absolute atomic E-state index is 14.4. The average Bonchev–Trinajstić information content (AvgIpc) is 3.09. The molecule has 0 aliphatic heterocycles. The Morgan fingerprint density at radius 2 is 1.65 bits per heavy atom. The van der Waals surface area contributed by atoms with E-state index < -0.39 is 35.5 Å². The Bertz CT molecular complexity index is 851. The maximum Gasteiger partial charge on any atom is 0.435 e. The molecule has 2 aliphatic carbocycles. The van der Waals surface area contributed by atoms with Crippen LogP contribution in [0.4, 0.5) is 30.7 Å². The Morgan fingerprint density at radius 1 is 1.00 bits per heavy atom. The highest BCUT2D eigenvalue weighted by atomic mass is 19.4. The Kier molecular flexibility index (Phi) is 6.01. The molecule has 1 fully saturated rings. The number of carboxylic acids is 1. The van der Waals surface area contributed by atoms with E-state index in [4.69, 9.17) is 5.11 Å². The van der Waals surface area contributed by atoms with Crippen molar-refractivity contribution in [3.05, 3.63) is 34.9 Å². The fourth-order valence-corrected chi connectivity index (χ4v) is 4.81. The number of aliphatic carboxylic acids is 1. The average molecular weight is 455 g/mol. The van der Waals surface area contributed by atoms with Crippen LogP contribution in [-0.4, -0.2) is 35.9 Å². The predicted molar refractivity (Wildman–Crippen MR) is 93.9 cm³/mol. The molecule has 1 aromatic carbocycles. The molecule has 11 heteroatoms. The van der Waals surface area contributed by atoms with Gasteiger partial charge in [0.1, 0.15) is 0 Å². The van der Waals surface area contributed by atoms with Gasteiger partial charge in [0.2, 0.25) is 5.91 Å². The van der Waals surface area contributed by atoms with E-state index in [0.717, 1.165) is 6.07 Å². The molecule has 0 heterocycles. The van der Waals surface area contributed by atoms with Gasteiger partial charge in [-0.1, -0.05) is 18.2 Å². The number of amides is 1. The van der Waals surface area contributed by atoms with Gasteiger partial charge >= 0.3 is 24.0 Å². The molecule has 1 saturated carbocycles. The van der Waals surface area contributed by atoms with E-state index in [0.29, 0.717) is 37.0 Å². The summed E-state index contributed by atoms with van der Waals surface area (Å²) in [6.45, 7) is -0.0323. The molecular formula is C20H20F7NO3. The fraction of sp³-hybridized carbons (Fsp3) is 0.600. The van der Waals surface area contributed by atoms with E-state index in [-0.39, 0.29) is 42.7 Å². The van der Waals surface area contributed by atoms with E-state index in [1.807, 2.05) is 0 Å². The molecule has 0 radical (unpaired) electrons. The summed E-state index contributed by atoms with van der Waals surface area (Å²) in [5.74, 6) is -2.20. The molecule has 0 spiro atoms. The van der Waals surface area contributed by atoms with E-state index in [1.165, 1.54) is 0 Å². The molecule has 1 amide bonds. The summed E-state index contributed by atoms with van der Waals surface area (Å²) in [6, 6.07) is 2.28. The van der Waals surface area contributed by atoms with Crippen molar-refractivity contribution in [1.29, 1.82) is 0 Å². The van der Waals surface area contributed by atoms with E-state index in [9.17, 15) is 40.3 Å². The van der Waals surface area contributed by atoms with Crippen molar-refractivity contribution in [1.82, 2.24) is 5.32 Å². The first-order valence-electron chi connectivity index (χ1n) is 9.72. The number of rotatable bonds is 5. The molecule has 3 rings (SSSR count). The topological polar surface area (TPSA) is 66.4 Å². The van der Waals surface area contributed by atoms with Crippen molar-refractivity contribution in [2.45, 2.75) is 56.0 Å². The molecule has 0 saturated heterocycles. The molecule has 3 atom stereocenters. The molecular weight excluding hydrogens is 435 g/mol. The number of hydrogen-bond donors (Lipinski definition) is 2. The van der Waals surface area contributed by atoms with Crippen LogP contribution in [-0.2, 0) is 21.7 Å². The monoisotopic (exact) mass is 455 g/mol. The van der Waals surface area contributed by atoms with Gasteiger partial charge in [0.15, 0.2) is 0 Å². The minimum atomic E-state index is -6.16. The number of fused-ring (bicyclic) bond motifs is 3. The minimum Gasteiger partial charge on any atom is -0.481 e. The van der Waals surface area contributed by atoms with Crippen molar-refractivity contribution >= 4 is 11.9 Å². The summed E-state index contributed by atoms with van der Waals surface area (Å²) < 4.78 is 92.7. The predicted octanol–water partition coefficient (Wildman–Crippen LogP) is 4.62. The third kappa shape index (κ3) is 4.10. The molecule has 0 bridgehead atoms. The van der Waals surface area contributed by atoms with Gasteiger partial charge in [0.05, 0.1) is 6.42 Å². The lowest BCUT2D eigenvalue weighted by molar-refractivity contribution is -0.348. The van der Waals surface area contributed by atoms with Crippen LogP contribution >= 0.6 is 0 Å². The largest absolute Gasteiger partial charge is 0.481 e. The first-order valence-corrected chi connectivity index (χ1v) is 9.72. The molecule has 2 N–H and O–H groups in total. The van der Waals surface area contributed by atoms with Gasteiger partial charge in [-0.05, 0) is 48.6 Å². The standard InChI is InChI=1S/C20H20F7NO3/c21-18(19(22,23)24,20(25,26)27)11-2-4-12-10(9-11)1-3-14-13(12)5-6-15(14)17(31)28-8-7-16(29)30/h2,4,9,13-15H,1,3,5-8H2,(H,28,31)(H,29,30)/t13?,14?,15-/m1/s1. The van der Waals surface area contributed by atoms with Crippen LogP contribution in [0.1, 0.15) is 48.3 Å².